The fraction of sp³-hybridized carbons (Fsp3) is 0.583. The molecule has 8 heteroatoms. The van der Waals surface area contributed by atoms with Crippen LogP contribution in [0.1, 0.15) is 19.0 Å². The molecule has 7 nitrogen and oxygen atoms in total. The Hall–Kier alpha value is -1.60. The average molecular weight is 302 g/mol. The van der Waals surface area contributed by atoms with Crippen LogP contribution in [0.15, 0.2) is 6.07 Å². The van der Waals surface area contributed by atoms with E-state index in [1.807, 2.05) is 13.0 Å². The van der Waals surface area contributed by atoms with Crippen LogP contribution in [-0.2, 0) is 16.6 Å². The average Bonchev–Trinajstić information content (AvgIpc) is 2.83. The van der Waals surface area contributed by atoms with Crippen molar-refractivity contribution < 1.29 is 9.59 Å². The van der Waals surface area contributed by atoms with Gasteiger partial charge in [-0.3, -0.25) is 19.2 Å². The smallest absolute Gasteiger partial charge is 0.250 e. The molecular formula is C12H20ClN5O2. The van der Waals surface area contributed by atoms with Crippen LogP contribution < -0.4 is 16.0 Å². The maximum atomic E-state index is 12.3. The van der Waals surface area contributed by atoms with Gasteiger partial charge in [0, 0.05) is 19.7 Å². The van der Waals surface area contributed by atoms with E-state index < -0.39 is 12.1 Å². The van der Waals surface area contributed by atoms with Gasteiger partial charge in [-0.1, -0.05) is 0 Å². The number of amides is 2. The minimum atomic E-state index is -0.610. The van der Waals surface area contributed by atoms with E-state index in [0.717, 1.165) is 11.5 Å². The SMILES string of the molecule is Cc1cc(N2CCC(NC(=O)[C@@H](C)N)C2=O)n(C)n1.Cl. The molecule has 0 saturated carbocycles. The number of carbonyl (C=O) groups excluding carboxylic acids is 2. The first-order valence-electron chi connectivity index (χ1n) is 6.28. The third-order valence-corrected chi connectivity index (χ3v) is 3.19. The van der Waals surface area contributed by atoms with Crippen LogP contribution >= 0.6 is 12.4 Å². The zero-order valence-electron chi connectivity index (χ0n) is 11.8. The molecule has 2 rings (SSSR count). The number of halogens is 1. The summed E-state index contributed by atoms with van der Waals surface area (Å²) in [5, 5.41) is 6.89. The molecule has 20 heavy (non-hydrogen) atoms. The van der Waals surface area contributed by atoms with Crippen LogP contribution in [0, 0.1) is 6.92 Å². The number of aromatic nitrogens is 2. The highest BCUT2D eigenvalue weighted by atomic mass is 35.5. The van der Waals surface area contributed by atoms with Crippen molar-refractivity contribution in [1.29, 1.82) is 0 Å². The fourth-order valence-corrected chi connectivity index (χ4v) is 2.19. The van der Waals surface area contributed by atoms with Crippen LogP contribution in [-0.4, -0.2) is 40.2 Å². The van der Waals surface area contributed by atoms with E-state index in [1.54, 1.807) is 23.6 Å². The number of anilines is 1. The molecule has 2 amide bonds. The van der Waals surface area contributed by atoms with E-state index in [1.165, 1.54) is 0 Å². The predicted octanol–water partition coefficient (Wildman–Crippen LogP) is -0.281. The van der Waals surface area contributed by atoms with E-state index in [9.17, 15) is 9.59 Å². The van der Waals surface area contributed by atoms with Crippen LogP contribution in [0.4, 0.5) is 5.82 Å². The first-order valence-corrected chi connectivity index (χ1v) is 6.28. The van der Waals surface area contributed by atoms with Gasteiger partial charge in [0.05, 0.1) is 11.7 Å². The molecule has 2 heterocycles. The lowest BCUT2D eigenvalue weighted by Crippen LogP contribution is -2.47. The molecule has 1 aromatic heterocycles. The van der Waals surface area contributed by atoms with E-state index in [4.69, 9.17) is 5.73 Å². The Morgan fingerprint density at radius 2 is 2.25 bits per heavy atom. The number of hydrogen-bond donors (Lipinski definition) is 2. The summed E-state index contributed by atoms with van der Waals surface area (Å²) in [6.07, 6.45) is 0.585. The van der Waals surface area contributed by atoms with Crippen molar-refractivity contribution in [3.05, 3.63) is 11.8 Å². The number of hydrogen-bond acceptors (Lipinski definition) is 4. The zero-order valence-corrected chi connectivity index (χ0v) is 12.6. The molecular weight excluding hydrogens is 282 g/mol. The second kappa shape index (κ2) is 6.23. The van der Waals surface area contributed by atoms with Gasteiger partial charge in [-0.2, -0.15) is 5.10 Å². The summed E-state index contributed by atoms with van der Waals surface area (Å²) in [4.78, 5) is 25.4. The number of rotatable bonds is 3. The minimum Gasteiger partial charge on any atom is -0.343 e. The summed E-state index contributed by atoms with van der Waals surface area (Å²) in [6, 6.07) is 0.753. The number of nitrogens with two attached hydrogens (primary N) is 1. The van der Waals surface area contributed by atoms with Crippen molar-refractivity contribution in [2.45, 2.75) is 32.4 Å². The largest absolute Gasteiger partial charge is 0.343 e. The summed E-state index contributed by atoms with van der Waals surface area (Å²) < 4.78 is 1.67. The van der Waals surface area contributed by atoms with Crippen molar-refractivity contribution in [2.75, 3.05) is 11.4 Å². The Morgan fingerprint density at radius 1 is 1.60 bits per heavy atom. The molecule has 1 aliphatic rings. The minimum absolute atomic E-state index is 0. The summed E-state index contributed by atoms with van der Waals surface area (Å²) in [7, 11) is 1.80. The second-order valence-electron chi connectivity index (χ2n) is 4.90. The van der Waals surface area contributed by atoms with Gasteiger partial charge in [-0.25, -0.2) is 0 Å². The standard InChI is InChI=1S/C12H19N5O2.ClH/c1-7-6-10(16(3)15-7)17-5-4-9(12(17)19)14-11(18)8(2)13;/h6,8-9H,4-5,13H2,1-3H3,(H,14,18);1H/t8-,9?;/m1./s1. The van der Waals surface area contributed by atoms with E-state index in [0.29, 0.717) is 13.0 Å². The highest BCUT2D eigenvalue weighted by Crippen LogP contribution is 2.21. The molecule has 0 aliphatic carbocycles. The Bertz CT molecular complexity index is 514. The Morgan fingerprint density at radius 3 is 2.75 bits per heavy atom. The maximum absolute atomic E-state index is 12.3. The predicted molar refractivity (Wildman–Crippen MR) is 77.7 cm³/mol. The summed E-state index contributed by atoms with van der Waals surface area (Å²) in [5.74, 6) is 0.332. The molecule has 0 radical (unpaired) electrons. The summed E-state index contributed by atoms with van der Waals surface area (Å²) in [6.45, 7) is 4.04. The van der Waals surface area contributed by atoms with Gasteiger partial charge in [0.25, 0.3) is 5.91 Å². The Kier molecular flexibility index (Phi) is 5.13. The van der Waals surface area contributed by atoms with Crippen molar-refractivity contribution in [3.63, 3.8) is 0 Å². The lowest BCUT2D eigenvalue weighted by atomic mass is 10.2. The van der Waals surface area contributed by atoms with Crippen molar-refractivity contribution in [2.24, 2.45) is 12.8 Å². The molecule has 1 aliphatic heterocycles. The van der Waals surface area contributed by atoms with Gasteiger partial charge in [0.15, 0.2) is 0 Å². The maximum Gasteiger partial charge on any atom is 0.250 e. The highest BCUT2D eigenvalue weighted by molar-refractivity contribution is 6.01. The van der Waals surface area contributed by atoms with Gasteiger partial charge >= 0.3 is 0 Å². The molecule has 0 aromatic carbocycles. The summed E-state index contributed by atoms with van der Waals surface area (Å²) >= 11 is 0. The summed E-state index contributed by atoms with van der Waals surface area (Å²) in [5.41, 5.74) is 6.34. The zero-order chi connectivity index (χ0) is 14.2. The normalized spacial score (nSPS) is 19.7. The number of nitrogens with one attached hydrogen (secondary N) is 1. The quantitative estimate of drug-likeness (QED) is 0.803. The number of carbonyl (C=O) groups is 2. The Balaban J connectivity index is 0.00000200. The van der Waals surface area contributed by atoms with Crippen LogP contribution in [0.3, 0.4) is 0 Å². The van der Waals surface area contributed by atoms with Crippen molar-refractivity contribution in [1.82, 2.24) is 15.1 Å². The molecule has 3 N–H and O–H groups in total. The third kappa shape index (κ3) is 3.10. The van der Waals surface area contributed by atoms with Gasteiger partial charge in [-0.05, 0) is 20.3 Å². The molecule has 112 valence electrons. The second-order valence-corrected chi connectivity index (χ2v) is 4.90. The number of nitrogens with zero attached hydrogens (tertiary/aromatic N) is 3. The molecule has 1 unspecified atom stereocenters. The molecule has 1 aromatic rings. The van der Waals surface area contributed by atoms with Crippen LogP contribution in [0.5, 0.6) is 0 Å². The van der Waals surface area contributed by atoms with E-state index in [2.05, 4.69) is 10.4 Å². The van der Waals surface area contributed by atoms with Gasteiger partial charge in [-0.15, -0.1) is 12.4 Å². The molecule has 0 spiro atoms. The van der Waals surface area contributed by atoms with E-state index in [-0.39, 0.29) is 24.2 Å². The lowest BCUT2D eigenvalue weighted by molar-refractivity contribution is -0.127. The van der Waals surface area contributed by atoms with E-state index >= 15 is 0 Å². The third-order valence-electron chi connectivity index (χ3n) is 3.19. The first kappa shape index (κ1) is 16.5. The van der Waals surface area contributed by atoms with Gasteiger partial charge < -0.3 is 11.1 Å². The molecule has 1 saturated heterocycles. The monoisotopic (exact) mass is 301 g/mol. The Labute approximate surface area is 123 Å². The van der Waals surface area contributed by atoms with Crippen LogP contribution in [0.2, 0.25) is 0 Å². The number of aryl methyl sites for hydroxylation is 2. The molecule has 1 fully saturated rings. The van der Waals surface area contributed by atoms with Gasteiger partial charge in [0.1, 0.15) is 11.9 Å². The topological polar surface area (TPSA) is 93.3 Å². The van der Waals surface area contributed by atoms with Crippen molar-refractivity contribution in [3.8, 4) is 0 Å². The first-order chi connectivity index (χ1) is 8.90. The van der Waals surface area contributed by atoms with Gasteiger partial charge in [0.2, 0.25) is 5.91 Å². The van der Waals surface area contributed by atoms with Crippen molar-refractivity contribution >= 4 is 30.0 Å². The fourth-order valence-electron chi connectivity index (χ4n) is 2.19. The van der Waals surface area contributed by atoms with Crippen LogP contribution in [0.25, 0.3) is 0 Å². The molecule has 2 atom stereocenters. The lowest BCUT2D eigenvalue weighted by Gasteiger charge is -2.17. The highest BCUT2D eigenvalue weighted by Gasteiger charge is 2.35. The molecule has 0 bridgehead atoms.